The monoisotopic (exact) mass is 513 g/mol. The fourth-order valence-corrected chi connectivity index (χ4v) is 4.34. The third kappa shape index (κ3) is 5.00. The van der Waals surface area contributed by atoms with Crippen molar-refractivity contribution in [3.05, 3.63) is 99.2 Å². The van der Waals surface area contributed by atoms with Crippen LogP contribution in [-0.4, -0.2) is 6.61 Å². The average Bonchev–Trinajstić information content (AvgIpc) is 2.79. The minimum atomic E-state index is -0.400. The van der Waals surface area contributed by atoms with Gasteiger partial charge in [0.25, 0.3) is 0 Å². The first-order chi connectivity index (χ1) is 15.6. The highest BCUT2D eigenvalue weighted by Gasteiger charge is 2.15. The van der Waals surface area contributed by atoms with Crippen LogP contribution in [0.25, 0.3) is 10.8 Å². The van der Waals surface area contributed by atoms with Crippen LogP contribution >= 0.6 is 27.5 Å². The van der Waals surface area contributed by atoms with E-state index in [1.807, 2.05) is 37.3 Å². The van der Waals surface area contributed by atoms with E-state index in [-0.39, 0.29) is 6.61 Å². The highest BCUT2D eigenvalue weighted by molar-refractivity contribution is 9.10. The Bertz CT molecular complexity index is 1220. The van der Waals surface area contributed by atoms with Crippen molar-refractivity contribution in [3.8, 4) is 11.5 Å². The van der Waals surface area contributed by atoms with E-state index in [9.17, 15) is 4.39 Å². The molecular weight excluding hydrogens is 493 g/mol. The number of halogens is 3. The summed E-state index contributed by atoms with van der Waals surface area (Å²) in [6.45, 7) is 2.99. The predicted octanol–water partition coefficient (Wildman–Crippen LogP) is 7.98. The Morgan fingerprint density at radius 3 is 2.56 bits per heavy atom. The molecule has 0 amide bonds. The lowest BCUT2D eigenvalue weighted by molar-refractivity contribution is 0.264. The highest BCUT2D eigenvalue weighted by atomic mass is 79.9. The van der Waals surface area contributed by atoms with E-state index in [0.29, 0.717) is 35.2 Å². The SMILES string of the molecule is CCOc1cc(CNc2cccc3ccccc23)cc(Br)c1OCc1c(F)cccc1Cl. The van der Waals surface area contributed by atoms with Gasteiger partial charge < -0.3 is 14.8 Å². The minimum absolute atomic E-state index is 0.00220. The number of benzene rings is 4. The molecule has 0 bridgehead atoms. The first kappa shape index (κ1) is 22.4. The number of anilines is 1. The number of fused-ring (bicyclic) bond motifs is 1. The predicted molar refractivity (Wildman–Crippen MR) is 132 cm³/mol. The van der Waals surface area contributed by atoms with Crippen LogP contribution in [0.3, 0.4) is 0 Å². The van der Waals surface area contributed by atoms with Crippen LogP contribution in [0.1, 0.15) is 18.1 Å². The van der Waals surface area contributed by atoms with Crippen molar-refractivity contribution in [1.29, 1.82) is 0 Å². The molecule has 1 N–H and O–H groups in total. The molecule has 6 heteroatoms. The smallest absolute Gasteiger partial charge is 0.175 e. The Morgan fingerprint density at radius 2 is 1.75 bits per heavy atom. The van der Waals surface area contributed by atoms with E-state index in [2.05, 4.69) is 45.5 Å². The van der Waals surface area contributed by atoms with Crippen molar-refractivity contribution in [3.63, 3.8) is 0 Å². The Kier molecular flexibility index (Phi) is 7.18. The van der Waals surface area contributed by atoms with Gasteiger partial charge in [0.1, 0.15) is 12.4 Å². The maximum absolute atomic E-state index is 14.1. The quantitative estimate of drug-likeness (QED) is 0.258. The molecule has 0 radical (unpaired) electrons. The van der Waals surface area contributed by atoms with Crippen LogP contribution < -0.4 is 14.8 Å². The summed E-state index contributed by atoms with van der Waals surface area (Å²) in [6, 6.07) is 22.9. The zero-order valence-electron chi connectivity index (χ0n) is 17.5. The standard InChI is InChI=1S/C26H22BrClFNO2/c1-2-31-25-14-17(15-30-24-12-5-8-18-7-3-4-9-19(18)24)13-21(27)26(25)32-16-20-22(28)10-6-11-23(20)29/h3-14,30H,2,15-16H2,1H3. The Hall–Kier alpha value is -2.76. The van der Waals surface area contributed by atoms with Gasteiger partial charge in [0, 0.05) is 23.2 Å². The number of hydrogen-bond donors (Lipinski definition) is 1. The average molecular weight is 515 g/mol. The van der Waals surface area contributed by atoms with Crippen LogP contribution in [0.15, 0.2) is 77.3 Å². The van der Waals surface area contributed by atoms with Crippen LogP contribution in [0.2, 0.25) is 5.02 Å². The Morgan fingerprint density at radius 1 is 0.969 bits per heavy atom. The lowest BCUT2D eigenvalue weighted by atomic mass is 10.1. The van der Waals surface area contributed by atoms with Gasteiger partial charge in [-0.3, -0.25) is 0 Å². The molecule has 0 saturated carbocycles. The summed E-state index contributed by atoms with van der Waals surface area (Å²) in [5.41, 5.74) is 2.39. The maximum atomic E-state index is 14.1. The van der Waals surface area contributed by atoms with Gasteiger partial charge in [-0.25, -0.2) is 4.39 Å². The van der Waals surface area contributed by atoms with E-state index in [1.54, 1.807) is 12.1 Å². The van der Waals surface area contributed by atoms with Gasteiger partial charge in [0.2, 0.25) is 0 Å². The highest BCUT2D eigenvalue weighted by Crippen LogP contribution is 2.38. The minimum Gasteiger partial charge on any atom is -0.490 e. The molecule has 164 valence electrons. The van der Waals surface area contributed by atoms with Crippen LogP contribution in [0, 0.1) is 5.82 Å². The normalized spacial score (nSPS) is 10.9. The molecule has 32 heavy (non-hydrogen) atoms. The molecule has 0 spiro atoms. The largest absolute Gasteiger partial charge is 0.490 e. The summed E-state index contributed by atoms with van der Waals surface area (Å²) in [7, 11) is 0. The summed E-state index contributed by atoms with van der Waals surface area (Å²) in [5, 5.41) is 6.19. The van der Waals surface area contributed by atoms with Crippen molar-refractivity contribution < 1.29 is 13.9 Å². The molecule has 0 heterocycles. The van der Waals surface area contributed by atoms with Gasteiger partial charge in [0.05, 0.1) is 16.1 Å². The number of hydrogen-bond acceptors (Lipinski definition) is 3. The van der Waals surface area contributed by atoms with E-state index in [1.165, 1.54) is 16.8 Å². The second kappa shape index (κ2) is 10.2. The van der Waals surface area contributed by atoms with E-state index >= 15 is 0 Å². The molecule has 0 aliphatic rings. The summed E-state index contributed by atoms with van der Waals surface area (Å²) in [4.78, 5) is 0. The zero-order valence-corrected chi connectivity index (χ0v) is 19.8. The van der Waals surface area contributed by atoms with Gasteiger partial charge >= 0.3 is 0 Å². The zero-order chi connectivity index (χ0) is 22.5. The second-order valence-electron chi connectivity index (χ2n) is 7.21. The van der Waals surface area contributed by atoms with E-state index in [0.717, 1.165) is 15.7 Å². The third-order valence-electron chi connectivity index (χ3n) is 5.06. The van der Waals surface area contributed by atoms with Gasteiger partial charge in [-0.1, -0.05) is 54.1 Å². The van der Waals surface area contributed by atoms with Crippen molar-refractivity contribution in [2.75, 3.05) is 11.9 Å². The molecule has 0 atom stereocenters. The lowest BCUT2D eigenvalue weighted by Gasteiger charge is -2.17. The topological polar surface area (TPSA) is 30.5 Å². The number of rotatable bonds is 8. The molecule has 4 aromatic carbocycles. The molecule has 0 unspecified atom stereocenters. The number of ether oxygens (including phenoxy) is 2. The molecule has 4 aromatic rings. The first-order valence-electron chi connectivity index (χ1n) is 10.3. The molecule has 4 rings (SSSR count). The summed E-state index contributed by atoms with van der Waals surface area (Å²) >= 11 is 9.72. The van der Waals surface area contributed by atoms with Crippen molar-refractivity contribution in [1.82, 2.24) is 0 Å². The molecule has 0 fully saturated rings. The number of nitrogens with one attached hydrogen (secondary N) is 1. The van der Waals surface area contributed by atoms with Crippen LogP contribution in [-0.2, 0) is 13.2 Å². The molecule has 0 aliphatic heterocycles. The molecule has 0 saturated heterocycles. The van der Waals surface area contributed by atoms with Crippen molar-refractivity contribution >= 4 is 44.0 Å². The van der Waals surface area contributed by atoms with Gasteiger partial charge in [0.15, 0.2) is 11.5 Å². The summed E-state index contributed by atoms with van der Waals surface area (Å²) in [5.74, 6) is 0.701. The second-order valence-corrected chi connectivity index (χ2v) is 8.47. The van der Waals surface area contributed by atoms with Crippen LogP contribution in [0.5, 0.6) is 11.5 Å². The van der Waals surface area contributed by atoms with Gasteiger partial charge in [-0.15, -0.1) is 0 Å². The molecule has 3 nitrogen and oxygen atoms in total. The first-order valence-corrected chi connectivity index (χ1v) is 11.5. The third-order valence-corrected chi connectivity index (χ3v) is 6.01. The van der Waals surface area contributed by atoms with E-state index < -0.39 is 5.82 Å². The van der Waals surface area contributed by atoms with Gasteiger partial charge in [-0.05, 0) is 64.1 Å². The van der Waals surface area contributed by atoms with Gasteiger partial charge in [-0.2, -0.15) is 0 Å². The summed E-state index contributed by atoms with van der Waals surface area (Å²) < 4.78 is 26.6. The Labute approximate surface area is 200 Å². The van der Waals surface area contributed by atoms with Crippen molar-refractivity contribution in [2.24, 2.45) is 0 Å². The fraction of sp³-hybridized carbons (Fsp3) is 0.154. The summed E-state index contributed by atoms with van der Waals surface area (Å²) in [6.07, 6.45) is 0. The lowest BCUT2D eigenvalue weighted by Crippen LogP contribution is -2.05. The maximum Gasteiger partial charge on any atom is 0.175 e. The van der Waals surface area contributed by atoms with Crippen molar-refractivity contribution in [2.45, 2.75) is 20.1 Å². The fourth-order valence-electron chi connectivity index (χ4n) is 3.52. The molecular formula is C26H22BrClFNO2. The molecule has 0 aliphatic carbocycles. The van der Waals surface area contributed by atoms with Crippen LogP contribution in [0.4, 0.5) is 10.1 Å². The van der Waals surface area contributed by atoms with E-state index in [4.69, 9.17) is 21.1 Å². The Balaban J connectivity index is 1.55. The molecule has 0 aromatic heterocycles.